The Hall–Kier alpha value is -1.52. The van der Waals surface area contributed by atoms with Crippen LogP contribution in [0.1, 0.15) is 19.8 Å². The van der Waals surface area contributed by atoms with Crippen LogP contribution in [0.3, 0.4) is 0 Å². The molecule has 1 atom stereocenters. The number of carbonyl (C=O) groups is 2. The van der Waals surface area contributed by atoms with Crippen LogP contribution >= 0.6 is 0 Å². The molecule has 1 saturated heterocycles. The van der Waals surface area contributed by atoms with Gasteiger partial charge in [-0.15, -0.1) is 0 Å². The summed E-state index contributed by atoms with van der Waals surface area (Å²) in [5.74, 6) is -0.217. The Morgan fingerprint density at radius 1 is 1.44 bits per heavy atom. The first-order valence-electron chi connectivity index (χ1n) is 5.24. The minimum absolute atomic E-state index is 0.274. The van der Waals surface area contributed by atoms with Crippen molar-refractivity contribution in [2.24, 2.45) is 5.92 Å². The number of rotatable bonds is 2. The van der Waals surface area contributed by atoms with Gasteiger partial charge in [-0.1, -0.05) is 6.58 Å². The Balaban J connectivity index is 2.53. The fourth-order valence-corrected chi connectivity index (χ4v) is 1.72. The molecular weight excluding hydrogens is 210 g/mol. The van der Waals surface area contributed by atoms with Crippen LogP contribution in [-0.4, -0.2) is 37.2 Å². The van der Waals surface area contributed by atoms with Crippen LogP contribution in [0, 0.1) is 5.92 Å². The van der Waals surface area contributed by atoms with E-state index in [2.05, 4.69) is 11.3 Å². The van der Waals surface area contributed by atoms with Crippen molar-refractivity contribution < 1.29 is 19.1 Å². The summed E-state index contributed by atoms with van der Waals surface area (Å²) in [4.78, 5) is 24.4. The molecule has 0 spiro atoms. The van der Waals surface area contributed by atoms with Crippen LogP contribution < -0.4 is 0 Å². The lowest BCUT2D eigenvalue weighted by Gasteiger charge is -2.30. The molecule has 1 amide bonds. The number of hydrogen-bond donors (Lipinski definition) is 0. The van der Waals surface area contributed by atoms with Crippen LogP contribution in [0.15, 0.2) is 12.3 Å². The molecule has 0 saturated carbocycles. The minimum Gasteiger partial charge on any atom is -0.453 e. The van der Waals surface area contributed by atoms with Crippen LogP contribution in [0.5, 0.6) is 0 Å². The number of ether oxygens (including phenoxy) is 2. The van der Waals surface area contributed by atoms with E-state index in [1.54, 1.807) is 6.92 Å². The lowest BCUT2D eigenvalue weighted by atomic mass is 9.98. The van der Waals surface area contributed by atoms with Crippen molar-refractivity contribution in [3.63, 3.8) is 0 Å². The summed E-state index contributed by atoms with van der Waals surface area (Å²) in [6.07, 6.45) is 1.12. The van der Waals surface area contributed by atoms with Crippen LogP contribution in [0.4, 0.5) is 4.79 Å². The molecule has 0 bridgehead atoms. The third-order valence-electron chi connectivity index (χ3n) is 2.46. The summed E-state index contributed by atoms with van der Waals surface area (Å²) in [7, 11) is 1.33. The van der Waals surface area contributed by atoms with Crippen LogP contribution in [-0.2, 0) is 14.3 Å². The highest BCUT2D eigenvalue weighted by atomic mass is 16.5. The third kappa shape index (κ3) is 3.25. The maximum atomic E-state index is 11.6. The predicted octanol–water partition coefficient (Wildman–Crippen LogP) is 1.54. The first kappa shape index (κ1) is 12.5. The van der Waals surface area contributed by atoms with E-state index in [-0.39, 0.29) is 11.9 Å². The molecule has 1 aliphatic rings. The topological polar surface area (TPSA) is 55.8 Å². The van der Waals surface area contributed by atoms with E-state index < -0.39 is 6.09 Å². The molecule has 5 nitrogen and oxygen atoms in total. The van der Waals surface area contributed by atoms with Gasteiger partial charge in [-0.25, -0.2) is 4.79 Å². The van der Waals surface area contributed by atoms with Crippen molar-refractivity contribution in [2.75, 3.05) is 20.2 Å². The van der Waals surface area contributed by atoms with Crippen molar-refractivity contribution in [1.82, 2.24) is 4.90 Å². The number of likely N-dealkylation sites (tertiary alicyclic amines) is 1. The Bertz CT molecular complexity index is 300. The molecule has 0 aliphatic carbocycles. The van der Waals surface area contributed by atoms with Crippen molar-refractivity contribution in [1.29, 1.82) is 0 Å². The van der Waals surface area contributed by atoms with Crippen molar-refractivity contribution >= 4 is 12.1 Å². The summed E-state index contributed by atoms with van der Waals surface area (Å²) in [6, 6.07) is 0. The summed E-state index contributed by atoms with van der Waals surface area (Å²) < 4.78 is 9.56. The normalized spacial score (nSPS) is 20.1. The van der Waals surface area contributed by atoms with Gasteiger partial charge in [0.25, 0.3) is 0 Å². The molecule has 90 valence electrons. The molecule has 0 radical (unpaired) electrons. The maximum Gasteiger partial charge on any atom is 0.409 e. The Kier molecular flexibility index (Phi) is 4.34. The number of piperidine rings is 1. The lowest BCUT2D eigenvalue weighted by molar-refractivity contribution is -0.145. The highest BCUT2D eigenvalue weighted by molar-refractivity contribution is 5.75. The fraction of sp³-hybridized carbons (Fsp3) is 0.636. The van der Waals surface area contributed by atoms with Gasteiger partial charge in [-0.3, -0.25) is 4.79 Å². The number of allylic oxidation sites excluding steroid dienone is 1. The first-order chi connectivity index (χ1) is 7.54. The summed E-state index contributed by atoms with van der Waals surface area (Å²) in [5.41, 5.74) is 0. The van der Waals surface area contributed by atoms with Gasteiger partial charge in [0.15, 0.2) is 0 Å². The van der Waals surface area contributed by atoms with Gasteiger partial charge < -0.3 is 14.4 Å². The van der Waals surface area contributed by atoms with Gasteiger partial charge in [-0.2, -0.15) is 0 Å². The second-order valence-corrected chi connectivity index (χ2v) is 3.88. The Labute approximate surface area is 95.0 Å². The predicted molar refractivity (Wildman–Crippen MR) is 57.6 cm³/mol. The van der Waals surface area contributed by atoms with E-state index in [1.807, 2.05) is 0 Å². The largest absolute Gasteiger partial charge is 0.453 e. The molecule has 5 heteroatoms. The third-order valence-corrected chi connectivity index (χ3v) is 2.46. The molecule has 0 N–H and O–H groups in total. The number of methoxy groups -OCH3 is 1. The van der Waals surface area contributed by atoms with E-state index >= 15 is 0 Å². The van der Waals surface area contributed by atoms with Gasteiger partial charge >= 0.3 is 12.1 Å². The number of amides is 1. The maximum absolute atomic E-state index is 11.6. The molecule has 0 aromatic rings. The zero-order chi connectivity index (χ0) is 12.1. The van der Waals surface area contributed by atoms with E-state index in [9.17, 15) is 9.59 Å². The van der Waals surface area contributed by atoms with E-state index in [1.165, 1.54) is 12.0 Å². The zero-order valence-corrected chi connectivity index (χ0v) is 9.69. The van der Waals surface area contributed by atoms with Crippen molar-refractivity contribution in [3.05, 3.63) is 12.3 Å². The molecule has 16 heavy (non-hydrogen) atoms. The molecule has 1 unspecified atom stereocenters. The molecule has 0 aromatic carbocycles. The smallest absolute Gasteiger partial charge is 0.409 e. The quantitative estimate of drug-likeness (QED) is 0.530. The van der Waals surface area contributed by atoms with Gasteiger partial charge in [0.1, 0.15) is 0 Å². The molecule has 1 fully saturated rings. The van der Waals surface area contributed by atoms with Gasteiger partial charge in [-0.05, 0) is 19.8 Å². The highest BCUT2D eigenvalue weighted by Crippen LogP contribution is 2.19. The van der Waals surface area contributed by atoms with Gasteiger partial charge in [0.05, 0.1) is 18.8 Å². The number of esters is 1. The number of carbonyl (C=O) groups excluding carboxylic acids is 2. The van der Waals surface area contributed by atoms with Crippen molar-refractivity contribution in [2.45, 2.75) is 19.8 Å². The molecule has 1 aliphatic heterocycles. The Morgan fingerprint density at radius 2 is 2.12 bits per heavy atom. The number of hydrogen-bond acceptors (Lipinski definition) is 4. The number of nitrogens with zero attached hydrogens (tertiary/aromatic N) is 1. The monoisotopic (exact) mass is 227 g/mol. The van der Waals surface area contributed by atoms with Crippen molar-refractivity contribution in [3.8, 4) is 0 Å². The standard InChI is InChI=1S/C11H17NO4/c1-8(2)16-10(13)9-5-4-6-12(7-9)11(14)15-3/h9H,1,4-7H2,2-3H3. The van der Waals surface area contributed by atoms with Gasteiger partial charge in [0, 0.05) is 13.1 Å². The van der Waals surface area contributed by atoms with Crippen LogP contribution in [0.2, 0.25) is 0 Å². The summed E-state index contributed by atoms with van der Waals surface area (Å²) >= 11 is 0. The van der Waals surface area contributed by atoms with Gasteiger partial charge in [0.2, 0.25) is 0 Å². The average molecular weight is 227 g/mol. The second kappa shape index (κ2) is 5.53. The van der Waals surface area contributed by atoms with E-state index in [0.29, 0.717) is 18.8 Å². The Morgan fingerprint density at radius 3 is 2.69 bits per heavy atom. The molecule has 1 heterocycles. The fourth-order valence-electron chi connectivity index (χ4n) is 1.72. The summed E-state index contributed by atoms with van der Waals surface area (Å²) in [5, 5.41) is 0. The van der Waals surface area contributed by atoms with E-state index in [0.717, 1.165) is 12.8 Å². The molecule has 1 rings (SSSR count). The highest BCUT2D eigenvalue weighted by Gasteiger charge is 2.29. The zero-order valence-electron chi connectivity index (χ0n) is 9.69. The van der Waals surface area contributed by atoms with Crippen LogP contribution in [0.25, 0.3) is 0 Å². The average Bonchev–Trinajstić information content (AvgIpc) is 2.27. The minimum atomic E-state index is -0.396. The summed E-state index contributed by atoms with van der Waals surface area (Å²) in [6.45, 7) is 6.12. The first-order valence-corrected chi connectivity index (χ1v) is 5.24. The molecular formula is C11H17NO4. The molecule has 0 aromatic heterocycles. The van der Waals surface area contributed by atoms with E-state index in [4.69, 9.17) is 4.74 Å². The lowest BCUT2D eigenvalue weighted by Crippen LogP contribution is -2.42. The second-order valence-electron chi connectivity index (χ2n) is 3.88. The SMILES string of the molecule is C=C(C)OC(=O)C1CCCN(C(=O)OC)C1.